The molecule has 1 amide bonds. The quantitative estimate of drug-likeness (QED) is 0.221. The number of ether oxygens (including phenoxy) is 1. The molecule has 1 heterocycles. The van der Waals surface area contributed by atoms with Gasteiger partial charge in [-0.1, -0.05) is 54.9 Å². The number of carbonyl (C=O) groups is 2. The maximum absolute atomic E-state index is 13.2. The number of nitro groups is 1. The highest BCUT2D eigenvalue weighted by Gasteiger charge is 2.29. The summed E-state index contributed by atoms with van der Waals surface area (Å²) in [6.07, 6.45) is 0.609. The highest BCUT2D eigenvalue weighted by molar-refractivity contribution is 6.31. The predicted molar refractivity (Wildman–Crippen MR) is 143 cm³/mol. The minimum Gasteiger partial charge on any atom is -0.444 e. The third-order valence-electron chi connectivity index (χ3n) is 6.54. The van der Waals surface area contributed by atoms with Crippen molar-refractivity contribution in [3.05, 3.63) is 98.6 Å². The molecule has 9 heteroatoms. The average Bonchev–Trinajstić information content (AvgIpc) is 2.89. The summed E-state index contributed by atoms with van der Waals surface area (Å²) in [5.74, 6) is -0.845. The molecular formula is C28H28ClN3O5. The van der Waals surface area contributed by atoms with E-state index < -0.39 is 22.9 Å². The Morgan fingerprint density at radius 2 is 1.78 bits per heavy atom. The second-order valence-electron chi connectivity index (χ2n) is 9.28. The Balaban J connectivity index is 1.58. The summed E-state index contributed by atoms with van der Waals surface area (Å²) in [6, 6.07) is 18.0. The van der Waals surface area contributed by atoms with Gasteiger partial charge in [0.05, 0.1) is 10.5 Å². The smallest absolute Gasteiger partial charge is 0.339 e. The maximum Gasteiger partial charge on any atom is 0.339 e. The van der Waals surface area contributed by atoms with Gasteiger partial charge in [-0.3, -0.25) is 14.9 Å². The largest absolute Gasteiger partial charge is 0.444 e. The van der Waals surface area contributed by atoms with E-state index in [0.717, 1.165) is 18.4 Å². The second kappa shape index (κ2) is 11.4. The molecule has 37 heavy (non-hydrogen) atoms. The van der Waals surface area contributed by atoms with Crippen molar-refractivity contribution in [3.8, 4) is 0 Å². The Hall–Kier alpha value is -3.91. The minimum absolute atomic E-state index is 0.00654. The van der Waals surface area contributed by atoms with Crippen molar-refractivity contribution in [2.75, 3.05) is 23.3 Å². The zero-order valence-electron chi connectivity index (χ0n) is 20.6. The molecule has 0 radical (unpaired) electrons. The van der Waals surface area contributed by atoms with Gasteiger partial charge in [0.15, 0.2) is 0 Å². The van der Waals surface area contributed by atoms with Crippen molar-refractivity contribution in [1.82, 2.24) is 0 Å². The lowest BCUT2D eigenvalue weighted by Crippen LogP contribution is -2.33. The zero-order chi connectivity index (χ0) is 26.5. The summed E-state index contributed by atoms with van der Waals surface area (Å²) in [7, 11) is 0. The lowest BCUT2D eigenvalue weighted by Gasteiger charge is -2.31. The molecule has 1 aliphatic rings. The van der Waals surface area contributed by atoms with E-state index in [4.69, 9.17) is 16.3 Å². The van der Waals surface area contributed by atoms with Crippen LogP contribution in [0.4, 0.5) is 17.1 Å². The van der Waals surface area contributed by atoms with Gasteiger partial charge in [-0.05, 0) is 55.5 Å². The molecule has 3 aromatic rings. The fourth-order valence-electron chi connectivity index (χ4n) is 4.27. The van der Waals surface area contributed by atoms with Crippen molar-refractivity contribution in [1.29, 1.82) is 0 Å². The van der Waals surface area contributed by atoms with Crippen LogP contribution in [0.5, 0.6) is 0 Å². The van der Waals surface area contributed by atoms with Crippen LogP contribution in [0.25, 0.3) is 0 Å². The van der Waals surface area contributed by atoms with Gasteiger partial charge in [0.2, 0.25) is 6.10 Å². The monoisotopic (exact) mass is 521 g/mol. The van der Waals surface area contributed by atoms with Gasteiger partial charge in [-0.15, -0.1) is 0 Å². The van der Waals surface area contributed by atoms with E-state index in [0.29, 0.717) is 41.0 Å². The molecule has 0 aromatic heterocycles. The Kier molecular flexibility index (Phi) is 8.08. The van der Waals surface area contributed by atoms with Crippen LogP contribution < -0.4 is 10.2 Å². The molecule has 1 saturated heterocycles. The van der Waals surface area contributed by atoms with Gasteiger partial charge in [-0.2, -0.15) is 0 Å². The number of rotatable bonds is 7. The van der Waals surface area contributed by atoms with Gasteiger partial charge in [-0.25, -0.2) is 4.79 Å². The molecule has 192 valence electrons. The minimum atomic E-state index is -1.28. The third-order valence-corrected chi connectivity index (χ3v) is 6.94. The number of nitrogens with zero attached hydrogens (tertiary/aromatic N) is 2. The first-order valence-electron chi connectivity index (χ1n) is 12.1. The number of amides is 1. The van der Waals surface area contributed by atoms with E-state index in [1.807, 2.05) is 11.8 Å². The van der Waals surface area contributed by atoms with E-state index in [-0.39, 0.29) is 11.3 Å². The molecule has 0 saturated carbocycles. The number of piperidine rings is 1. The molecule has 1 atom stereocenters. The number of carbonyl (C=O) groups excluding carboxylic acids is 2. The summed E-state index contributed by atoms with van der Waals surface area (Å²) in [6.45, 7) is 5.44. The van der Waals surface area contributed by atoms with Gasteiger partial charge >= 0.3 is 5.97 Å². The topological polar surface area (TPSA) is 102 Å². The molecule has 0 bridgehead atoms. The molecule has 1 N–H and O–H groups in total. The van der Waals surface area contributed by atoms with Crippen molar-refractivity contribution in [3.63, 3.8) is 0 Å². The molecule has 0 unspecified atom stereocenters. The third kappa shape index (κ3) is 6.27. The van der Waals surface area contributed by atoms with Crippen molar-refractivity contribution in [2.45, 2.75) is 32.8 Å². The molecule has 0 aliphatic carbocycles. The lowest BCUT2D eigenvalue weighted by atomic mass is 9.98. The van der Waals surface area contributed by atoms with Crippen LogP contribution in [-0.4, -0.2) is 29.9 Å². The van der Waals surface area contributed by atoms with E-state index in [9.17, 15) is 19.7 Å². The number of esters is 1. The van der Waals surface area contributed by atoms with Crippen LogP contribution in [0.3, 0.4) is 0 Å². The standard InChI is InChI=1S/C28H28ClN3O5/c1-18-12-14-31(15-13-18)24-11-9-21(16-25(24)32(35)36)28(34)37-26(20-6-4-3-5-7-20)27(33)30-22-10-8-19(2)23(29)17-22/h3-11,16-18,26H,12-15H2,1-2H3,(H,30,33)/t26-/m1/s1. The molecule has 1 aliphatic heterocycles. The fraction of sp³-hybridized carbons (Fsp3) is 0.286. The summed E-state index contributed by atoms with van der Waals surface area (Å²) in [4.78, 5) is 39.7. The summed E-state index contributed by atoms with van der Waals surface area (Å²) in [5, 5.41) is 15.1. The Morgan fingerprint density at radius 3 is 2.43 bits per heavy atom. The first-order valence-corrected chi connectivity index (χ1v) is 12.5. The molecule has 4 rings (SSSR count). The SMILES string of the molecule is Cc1ccc(NC(=O)[C@H](OC(=O)c2ccc(N3CCC(C)CC3)c([N+](=O)[O-])c2)c2ccccc2)cc1Cl. The van der Waals surface area contributed by atoms with Gasteiger partial charge in [0.1, 0.15) is 5.69 Å². The van der Waals surface area contributed by atoms with Crippen molar-refractivity contribution >= 4 is 40.5 Å². The van der Waals surface area contributed by atoms with Crippen molar-refractivity contribution in [2.24, 2.45) is 5.92 Å². The van der Waals surface area contributed by atoms with Crippen LogP contribution in [0.2, 0.25) is 5.02 Å². The molecular weight excluding hydrogens is 494 g/mol. The number of nitro benzene ring substituents is 1. The van der Waals surface area contributed by atoms with E-state index >= 15 is 0 Å². The summed E-state index contributed by atoms with van der Waals surface area (Å²) < 4.78 is 5.62. The number of benzene rings is 3. The number of hydrogen-bond acceptors (Lipinski definition) is 6. The molecule has 3 aromatic carbocycles. The number of halogens is 1. The van der Waals surface area contributed by atoms with Crippen LogP contribution in [0.1, 0.15) is 47.4 Å². The number of nitrogens with one attached hydrogen (secondary N) is 1. The van der Waals surface area contributed by atoms with Crippen LogP contribution in [0.15, 0.2) is 66.7 Å². The number of anilines is 2. The van der Waals surface area contributed by atoms with E-state index in [1.165, 1.54) is 12.1 Å². The second-order valence-corrected chi connectivity index (χ2v) is 9.69. The van der Waals surface area contributed by atoms with Crippen LogP contribution >= 0.6 is 11.6 Å². The predicted octanol–water partition coefficient (Wildman–Crippen LogP) is 6.33. The van der Waals surface area contributed by atoms with E-state index in [2.05, 4.69) is 12.2 Å². The van der Waals surface area contributed by atoms with Gasteiger partial charge in [0.25, 0.3) is 11.6 Å². The zero-order valence-corrected chi connectivity index (χ0v) is 21.4. The Bertz CT molecular complexity index is 1310. The van der Waals surface area contributed by atoms with E-state index in [1.54, 1.807) is 54.6 Å². The summed E-state index contributed by atoms with van der Waals surface area (Å²) >= 11 is 6.18. The molecule has 1 fully saturated rings. The normalized spacial score (nSPS) is 14.6. The maximum atomic E-state index is 13.2. The van der Waals surface area contributed by atoms with Crippen LogP contribution in [-0.2, 0) is 9.53 Å². The van der Waals surface area contributed by atoms with Crippen molar-refractivity contribution < 1.29 is 19.2 Å². The molecule has 0 spiro atoms. The fourth-order valence-corrected chi connectivity index (χ4v) is 4.45. The molecule has 8 nitrogen and oxygen atoms in total. The summed E-state index contributed by atoms with van der Waals surface area (Å²) in [5.41, 5.74) is 2.07. The highest BCUT2D eigenvalue weighted by atomic mass is 35.5. The highest BCUT2D eigenvalue weighted by Crippen LogP contribution is 2.33. The lowest BCUT2D eigenvalue weighted by molar-refractivity contribution is -0.384. The van der Waals surface area contributed by atoms with Gasteiger partial charge < -0.3 is 15.0 Å². The van der Waals surface area contributed by atoms with Gasteiger partial charge in [0, 0.05) is 35.4 Å². The average molecular weight is 522 g/mol. The van der Waals surface area contributed by atoms with Crippen LogP contribution in [0, 0.1) is 23.0 Å². The Labute approximate surface area is 220 Å². The number of hydrogen-bond donors (Lipinski definition) is 1. The first kappa shape index (κ1) is 26.2. The first-order chi connectivity index (χ1) is 17.7. The Morgan fingerprint density at radius 1 is 1.08 bits per heavy atom. The number of aryl methyl sites for hydroxylation is 1.